The molecule has 0 aromatic carbocycles. The number of nitrogens with one attached hydrogen (secondary N) is 1. The number of rotatable bonds is 3. The van der Waals surface area contributed by atoms with Crippen LogP contribution in [0.4, 0.5) is 0 Å². The molecule has 0 aromatic rings. The van der Waals surface area contributed by atoms with Crippen LogP contribution in [-0.4, -0.2) is 50.3 Å². The van der Waals surface area contributed by atoms with Gasteiger partial charge in [-0.15, -0.1) is 0 Å². The molecule has 0 amide bonds. The Morgan fingerprint density at radius 2 is 2.21 bits per heavy atom. The highest BCUT2D eigenvalue weighted by Gasteiger charge is 2.43. The van der Waals surface area contributed by atoms with Crippen LogP contribution in [-0.2, 0) is 4.74 Å². The molecule has 3 unspecified atom stereocenters. The minimum Gasteiger partial charge on any atom is -0.376 e. The molecule has 3 atom stereocenters. The molecule has 0 aliphatic carbocycles. The highest BCUT2D eigenvalue weighted by molar-refractivity contribution is 4.94. The quantitative estimate of drug-likeness (QED) is 0.717. The number of hydrogen-bond donors (Lipinski definition) is 1. The van der Waals surface area contributed by atoms with E-state index in [-0.39, 0.29) is 0 Å². The molecule has 2 aliphatic heterocycles. The monoisotopic (exact) mass is 198 g/mol. The first kappa shape index (κ1) is 10.4. The largest absolute Gasteiger partial charge is 0.376 e. The zero-order valence-corrected chi connectivity index (χ0v) is 9.49. The fourth-order valence-electron chi connectivity index (χ4n) is 2.73. The summed E-state index contributed by atoms with van der Waals surface area (Å²) in [6, 6.07) is 0.691. The van der Waals surface area contributed by atoms with Gasteiger partial charge in [-0.3, -0.25) is 0 Å². The van der Waals surface area contributed by atoms with Crippen LogP contribution in [0.25, 0.3) is 0 Å². The molecule has 2 saturated heterocycles. The molecule has 3 heteroatoms. The molecule has 14 heavy (non-hydrogen) atoms. The van der Waals surface area contributed by atoms with Crippen molar-refractivity contribution in [2.24, 2.45) is 11.8 Å². The summed E-state index contributed by atoms with van der Waals surface area (Å²) in [7, 11) is 2.01. The van der Waals surface area contributed by atoms with Gasteiger partial charge in [0, 0.05) is 37.5 Å². The number of hydrogen-bond acceptors (Lipinski definition) is 3. The van der Waals surface area contributed by atoms with Crippen LogP contribution < -0.4 is 5.32 Å². The van der Waals surface area contributed by atoms with Gasteiger partial charge in [-0.1, -0.05) is 0 Å². The summed E-state index contributed by atoms with van der Waals surface area (Å²) in [5, 5.41) is 3.22. The smallest absolute Gasteiger partial charge is 0.0743 e. The fourth-order valence-corrected chi connectivity index (χ4v) is 2.73. The number of nitrogens with zero attached hydrogens (tertiary/aromatic N) is 1. The van der Waals surface area contributed by atoms with E-state index in [2.05, 4.69) is 24.1 Å². The normalized spacial score (nSPS) is 38.1. The Balaban J connectivity index is 1.93. The third-order valence-corrected chi connectivity index (χ3v) is 3.66. The standard InChI is InChI=1S/C11H22N2O/c1-8(2)13-5-9-7-14-11(4-12-3)10(9)6-13/h8-12H,4-7H2,1-3H3. The van der Waals surface area contributed by atoms with Gasteiger partial charge in [0.25, 0.3) is 0 Å². The Kier molecular flexibility index (Phi) is 3.10. The van der Waals surface area contributed by atoms with E-state index in [4.69, 9.17) is 4.74 Å². The van der Waals surface area contributed by atoms with Crippen molar-refractivity contribution in [2.75, 3.05) is 33.3 Å². The zero-order valence-electron chi connectivity index (χ0n) is 9.49. The highest BCUT2D eigenvalue weighted by Crippen LogP contribution is 2.34. The van der Waals surface area contributed by atoms with Crippen molar-refractivity contribution in [1.29, 1.82) is 0 Å². The molecule has 2 heterocycles. The van der Waals surface area contributed by atoms with Crippen molar-refractivity contribution in [2.45, 2.75) is 26.0 Å². The lowest BCUT2D eigenvalue weighted by molar-refractivity contribution is 0.0724. The van der Waals surface area contributed by atoms with E-state index in [1.165, 1.54) is 13.1 Å². The molecular formula is C11H22N2O. The molecular weight excluding hydrogens is 176 g/mol. The van der Waals surface area contributed by atoms with Gasteiger partial charge in [0.2, 0.25) is 0 Å². The van der Waals surface area contributed by atoms with Crippen LogP contribution in [0, 0.1) is 11.8 Å². The Hall–Kier alpha value is -0.120. The van der Waals surface area contributed by atoms with Crippen molar-refractivity contribution >= 4 is 0 Å². The number of likely N-dealkylation sites (N-methyl/N-ethyl adjacent to an activating group) is 1. The highest BCUT2D eigenvalue weighted by atomic mass is 16.5. The maximum absolute atomic E-state index is 5.80. The molecule has 1 N–H and O–H groups in total. The Morgan fingerprint density at radius 1 is 1.43 bits per heavy atom. The lowest BCUT2D eigenvalue weighted by atomic mass is 9.94. The maximum atomic E-state index is 5.80. The second-order valence-electron chi connectivity index (χ2n) is 4.90. The minimum absolute atomic E-state index is 0.453. The van der Waals surface area contributed by atoms with Gasteiger partial charge < -0.3 is 15.0 Å². The van der Waals surface area contributed by atoms with Crippen LogP contribution in [0.2, 0.25) is 0 Å². The van der Waals surface area contributed by atoms with E-state index in [0.717, 1.165) is 25.0 Å². The van der Waals surface area contributed by atoms with Crippen molar-refractivity contribution in [3.8, 4) is 0 Å². The maximum Gasteiger partial charge on any atom is 0.0743 e. The molecule has 0 radical (unpaired) electrons. The molecule has 0 bridgehead atoms. The SMILES string of the molecule is CNCC1OCC2CN(C(C)C)CC21. The molecule has 0 saturated carbocycles. The number of fused-ring (bicyclic) bond motifs is 1. The average Bonchev–Trinajstić information content (AvgIpc) is 2.67. The summed E-state index contributed by atoms with van der Waals surface area (Å²) < 4.78 is 5.80. The van der Waals surface area contributed by atoms with Crippen molar-refractivity contribution in [1.82, 2.24) is 10.2 Å². The first-order chi connectivity index (χ1) is 6.72. The second-order valence-corrected chi connectivity index (χ2v) is 4.90. The number of ether oxygens (including phenoxy) is 1. The molecule has 2 rings (SSSR count). The van der Waals surface area contributed by atoms with Gasteiger partial charge in [-0.2, -0.15) is 0 Å². The summed E-state index contributed by atoms with van der Waals surface area (Å²) in [5.74, 6) is 1.56. The molecule has 2 aliphatic rings. The summed E-state index contributed by atoms with van der Waals surface area (Å²) in [4.78, 5) is 2.58. The predicted molar refractivity (Wildman–Crippen MR) is 57.4 cm³/mol. The molecule has 0 spiro atoms. The minimum atomic E-state index is 0.453. The lowest BCUT2D eigenvalue weighted by Crippen LogP contribution is -2.34. The molecule has 2 fully saturated rings. The Bertz CT molecular complexity index is 194. The van der Waals surface area contributed by atoms with Crippen LogP contribution in [0.5, 0.6) is 0 Å². The average molecular weight is 198 g/mol. The van der Waals surface area contributed by atoms with E-state index in [0.29, 0.717) is 12.1 Å². The Morgan fingerprint density at radius 3 is 2.86 bits per heavy atom. The van der Waals surface area contributed by atoms with E-state index >= 15 is 0 Å². The third kappa shape index (κ3) is 1.81. The summed E-state index contributed by atoms with van der Waals surface area (Å²) >= 11 is 0. The van der Waals surface area contributed by atoms with Gasteiger partial charge in [0.05, 0.1) is 12.7 Å². The van der Waals surface area contributed by atoms with Crippen molar-refractivity contribution in [3.63, 3.8) is 0 Å². The van der Waals surface area contributed by atoms with E-state index in [9.17, 15) is 0 Å². The fraction of sp³-hybridized carbons (Fsp3) is 1.00. The van der Waals surface area contributed by atoms with E-state index in [1.54, 1.807) is 0 Å². The van der Waals surface area contributed by atoms with Gasteiger partial charge in [-0.25, -0.2) is 0 Å². The molecule has 0 aromatic heterocycles. The van der Waals surface area contributed by atoms with Gasteiger partial charge in [0.1, 0.15) is 0 Å². The van der Waals surface area contributed by atoms with E-state index < -0.39 is 0 Å². The summed E-state index contributed by atoms with van der Waals surface area (Å²) in [5.41, 5.74) is 0. The summed E-state index contributed by atoms with van der Waals surface area (Å²) in [6.07, 6.45) is 0.453. The topological polar surface area (TPSA) is 24.5 Å². The second kappa shape index (κ2) is 4.17. The van der Waals surface area contributed by atoms with Crippen molar-refractivity contribution < 1.29 is 4.74 Å². The van der Waals surface area contributed by atoms with Gasteiger partial charge >= 0.3 is 0 Å². The first-order valence-corrected chi connectivity index (χ1v) is 5.72. The van der Waals surface area contributed by atoms with Crippen LogP contribution >= 0.6 is 0 Å². The number of likely N-dealkylation sites (tertiary alicyclic amines) is 1. The first-order valence-electron chi connectivity index (χ1n) is 5.72. The third-order valence-electron chi connectivity index (χ3n) is 3.66. The van der Waals surface area contributed by atoms with Crippen LogP contribution in [0.15, 0.2) is 0 Å². The Labute approximate surface area is 86.8 Å². The molecule has 82 valence electrons. The van der Waals surface area contributed by atoms with Crippen LogP contribution in [0.3, 0.4) is 0 Å². The zero-order chi connectivity index (χ0) is 10.1. The van der Waals surface area contributed by atoms with Crippen molar-refractivity contribution in [3.05, 3.63) is 0 Å². The lowest BCUT2D eigenvalue weighted by Gasteiger charge is -2.23. The van der Waals surface area contributed by atoms with Gasteiger partial charge in [0.15, 0.2) is 0 Å². The predicted octanol–water partition coefficient (Wildman–Crippen LogP) is 0.561. The summed E-state index contributed by atoms with van der Waals surface area (Å²) in [6.45, 7) is 9.02. The van der Waals surface area contributed by atoms with Crippen LogP contribution in [0.1, 0.15) is 13.8 Å². The van der Waals surface area contributed by atoms with Gasteiger partial charge in [-0.05, 0) is 20.9 Å². The molecule has 3 nitrogen and oxygen atoms in total. The van der Waals surface area contributed by atoms with E-state index in [1.807, 2.05) is 7.05 Å².